The average molecular weight is 299 g/mol. The van der Waals surface area contributed by atoms with Crippen LogP contribution < -0.4 is 5.32 Å². The van der Waals surface area contributed by atoms with Crippen molar-refractivity contribution >= 4 is 5.82 Å². The first-order valence-electron chi connectivity index (χ1n) is 7.01. The quantitative estimate of drug-likeness (QED) is 0.724. The van der Waals surface area contributed by atoms with Crippen LogP contribution in [0.1, 0.15) is 24.0 Å². The maximum atomic E-state index is 9.22. The fourth-order valence-electron chi connectivity index (χ4n) is 2.24. The molecule has 1 unspecified atom stereocenters. The summed E-state index contributed by atoms with van der Waals surface area (Å²) in [6.45, 7) is 1.95. The molecule has 0 saturated heterocycles. The van der Waals surface area contributed by atoms with Gasteiger partial charge < -0.3 is 14.8 Å². The zero-order valence-electron chi connectivity index (χ0n) is 12.2. The summed E-state index contributed by atoms with van der Waals surface area (Å²) in [5.74, 6) is 2.88. The van der Waals surface area contributed by atoms with E-state index in [1.807, 2.05) is 29.8 Å². The number of hydrogen-bond donors (Lipinski definition) is 2. The van der Waals surface area contributed by atoms with Gasteiger partial charge in [0.2, 0.25) is 0 Å². The first kappa shape index (κ1) is 14.3. The smallest absolute Gasteiger partial charge is 0.159 e. The van der Waals surface area contributed by atoms with Crippen LogP contribution in [0.25, 0.3) is 5.82 Å². The number of hydrogen-bond acceptors (Lipinski definition) is 6. The van der Waals surface area contributed by atoms with Crippen molar-refractivity contribution in [1.82, 2.24) is 19.5 Å². The summed E-state index contributed by atoms with van der Waals surface area (Å²) in [5.41, 5.74) is 0. The van der Waals surface area contributed by atoms with Gasteiger partial charge in [-0.25, -0.2) is 9.97 Å². The second-order valence-electron chi connectivity index (χ2n) is 4.83. The number of aromatic nitrogens is 4. The number of imidazole rings is 1. The summed E-state index contributed by atoms with van der Waals surface area (Å²) < 4.78 is 7.26. The van der Waals surface area contributed by atoms with E-state index in [4.69, 9.17) is 4.42 Å². The summed E-state index contributed by atoms with van der Waals surface area (Å²) in [7, 11) is 0. The molecule has 3 rings (SSSR count). The number of aliphatic hydroxyl groups is 1. The third-order valence-electron chi connectivity index (χ3n) is 3.32. The molecule has 0 spiro atoms. The maximum Gasteiger partial charge on any atom is 0.159 e. The standard InChI is InChI=1S/C15H17N5O2/c1-11-17-5-6-20(11)15-10-16-9-14(19-15)18-12(4-7-21)13-3-2-8-22-13/h2-3,5-6,8-10,12,21H,4,7H2,1H3,(H,18,19). The van der Waals surface area contributed by atoms with Gasteiger partial charge in [-0.2, -0.15) is 0 Å². The third kappa shape index (κ3) is 2.99. The largest absolute Gasteiger partial charge is 0.467 e. The van der Waals surface area contributed by atoms with Crippen molar-refractivity contribution in [2.75, 3.05) is 11.9 Å². The Balaban J connectivity index is 1.84. The second kappa shape index (κ2) is 6.40. The monoisotopic (exact) mass is 299 g/mol. The highest BCUT2D eigenvalue weighted by atomic mass is 16.3. The Morgan fingerprint density at radius 3 is 3.00 bits per heavy atom. The van der Waals surface area contributed by atoms with Crippen LogP contribution in [-0.4, -0.2) is 31.2 Å². The van der Waals surface area contributed by atoms with Gasteiger partial charge in [-0.1, -0.05) is 0 Å². The Morgan fingerprint density at radius 2 is 2.32 bits per heavy atom. The van der Waals surface area contributed by atoms with Crippen LogP contribution in [0.4, 0.5) is 5.82 Å². The van der Waals surface area contributed by atoms with Crippen molar-refractivity contribution in [2.24, 2.45) is 0 Å². The van der Waals surface area contributed by atoms with Gasteiger partial charge in [0.05, 0.1) is 24.7 Å². The van der Waals surface area contributed by atoms with E-state index >= 15 is 0 Å². The molecular formula is C15H17N5O2. The van der Waals surface area contributed by atoms with Gasteiger partial charge in [0.25, 0.3) is 0 Å². The number of furan rings is 1. The van der Waals surface area contributed by atoms with Crippen LogP contribution in [0.3, 0.4) is 0 Å². The molecule has 0 saturated carbocycles. The van der Waals surface area contributed by atoms with Crippen molar-refractivity contribution in [3.05, 3.63) is 54.8 Å². The van der Waals surface area contributed by atoms with E-state index in [-0.39, 0.29) is 12.6 Å². The Hall–Kier alpha value is -2.67. The minimum absolute atomic E-state index is 0.0477. The molecule has 0 aliphatic carbocycles. The number of anilines is 1. The molecule has 3 aromatic heterocycles. The number of aryl methyl sites for hydroxylation is 1. The molecular weight excluding hydrogens is 282 g/mol. The van der Waals surface area contributed by atoms with Gasteiger partial charge in [0.15, 0.2) is 5.82 Å². The minimum Gasteiger partial charge on any atom is -0.467 e. The highest BCUT2D eigenvalue weighted by Crippen LogP contribution is 2.22. The normalized spacial score (nSPS) is 12.3. The zero-order valence-corrected chi connectivity index (χ0v) is 12.2. The van der Waals surface area contributed by atoms with Crippen molar-refractivity contribution < 1.29 is 9.52 Å². The van der Waals surface area contributed by atoms with E-state index in [9.17, 15) is 5.11 Å². The molecule has 1 atom stereocenters. The Kier molecular flexibility index (Phi) is 4.15. The lowest BCUT2D eigenvalue weighted by molar-refractivity contribution is 0.273. The SMILES string of the molecule is Cc1nccn1-c1cncc(NC(CCO)c2ccco2)n1. The predicted molar refractivity (Wildman–Crippen MR) is 80.7 cm³/mol. The first-order valence-corrected chi connectivity index (χ1v) is 7.01. The van der Waals surface area contributed by atoms with Crippen LogP contribution >= 0.6 is 0 Å². The molecule has 3 heterocycles. The maximum absolute atomic E-state index is 9.22. The zero-order chi connectivity index (χ0) is 15.4. The molecule has 7 nitrogen and oxygen atoms in total. The van der Waals surface area contributed by atoms with Crippen LogP contribution in [0.5, 0.6) is 0 Å². The number of aliphatic hydroxyl groups excluding tert-OH is 1. The summed E-state index contributed by atoms with van der Waals surface area (Å²) in [6.07, 6.45) is 8.99. The van der Waals surface area contributed by atoms with Crippen molar-refractivity contribution in [3.8, 4) is 5.82 Å². The molecule has 22 heavy (non-hydrogen) atoms. The van der Waals surface area contributed by atoms with Crippen LogP contribution in [0, 0.1) is 6.92 Å². The lowest BCUT2D eigenvalue weighted by Crippen LogP contribution is -2.14. The molecule has 0 aromatic carbocycles. The van der Waals surface area contributed by atoms with E-state index in [0.29, 0.717) is 18.1 Å². The molecule has 0 aliphatic heterocycles. The van der Waals surface area contributed by atoms with Gasteiger partial charge in [0.1, 0.15) is 17.4 Å². The summed E-state index contributed by atoms with van der Waals surface area (Å²) in [5, 5.41) is 12.5. The fourth-order valence-corrected chi connectivity index (χ4v) is 2.24. The molecule has 0 bridgehead atoms. The van der Waals surface area contributed by atoms with E-state index in [2.05, 4.69) is 20.3 Å². The van der Waals surface area contributed by atoms with Crippen molar-refractivity contribution in [3.63, 3.8) is 0 Å². The second-order valence-corrected chi connectivity index (χ2v) is 4.83. The van der Waals surface area contributed by atoms with Gasteiger partial charge in [-0.15, -0.1) is 0 Å². The fraction of sp³-hybridized carbons (Fsp3) is 0.267. The van der Waals surface area contributed by atoms with Gasteiger partial charge in [-0.05, 0) is 25.5 Å². The molecule has 2 N–H and O–H groups in total. The number of nitrogens with zero attached hydrogens (tertiary/aromatic N) is 4. The van der Waals surface area contributed by atoms with E-state index in [0.717, 1.165) is 11.6 Å². The summed E-state index contributed by atoms with van der Waals surface area (Å²) >= 11 is 0. The molecule has 0 aliphatic rings. The Bertz CT molecular complexity index is 723. The van der Waals surface area contributed by atoms with Gasteiger partial charge >= 0.3 is 0 Å². The molecule has 0 amide bonds. The first-order chi connectivity index (χ1) is 10.8. The molecule has 0 fully saturated rings. The number of nitrogens with one attached hydrogen (secondary N) is 1. The van der Waals surface area contributed by atoms with E-state index in [1.165, 1.54) is 0 Å². The van der Waals surface area contributed by atoms with Crippen molar-refractivity contribution in [1.29, 1.82) is 0 Å². The summed E-state index contributed by atoms with van der Waals surface area (Å²) in [6, 6.07) is 3.52. The predicted octanol–water partition coefficient (Wildman–Crippen LogP) is 2.10. The highest BCUT2D eigenvalue weighted by Gasteiger charge is 2.15. The van der Waals surface area contributed by atoms with Crippen LogP contribution in [0.2, 0.25) is 0 Å². The molecule has 114 valence electrons. The Labute approximate surface area is 127 Å². The van der Waals surface area contributed by atoms with Gasteiger partial charge in [0, 0.05) is 19.0 Å². The number of rotatable bonds is 6. The van der Waals surface area contributed by atoms with E-state index in [1.54, 1.807) is 24.9 Å². The van der Waals surface area contributed by atoms with Crippen LogP contribution in [0.15, 0.2) is 47.6 Å². The lowest BCUT2D eigenvalue weighted by atomic mass is 10.1. The molecule has 0 radical (unpaired) electrons. The minimum atomic E-state index is -0.159. The highest BCUT2D eigenvalue weighted by molar-refractivity contribution is 5.38. The van der Waals surface area contributed by atoms with Crippen molar-refractivity contribution in [2.45, 2.75) is 19.4 Å². The van der Waals surface area contributed by atoms with Crippen LogP contribution in [-0.2, 0) is 0 Å². The van der Waals surface area contributed by atoms with Gasteiger partial charge in [-0.3, -0.25) is 9.55 Å². The molecule has 3 aromatic rings. The average Bonchev–Trinajstić information content (AvgIpc) is 3.18. The lowest BCUT2D eigenvalue weighted by Gasteiger charge is -2.16. The molecule has 7 heteroatoms. The Morgan fingerprint density at radius 1 is 1.41 bits per heavy atom. The topological polar surface area (TPSA) is 89.0 Å². The van der Waals surface area contributed by atoms with E-state index < -0.39 is 0 Å². The third-order valence-corrected chi connectivity index (χ3v) is 3.32. The summed E-state index contributed by atoms with van der Waals surface area (Å²) in [4.78, 5) is 12.9.